The summed E-state index contributed by atoms with van der Waals surface area (Å²) in [5.41, 5.74) is -1.75. The number of rotatable bonds is 10. The van der Waals surface area contributed by atoms with Crippen LogP contribution < -0.4 is 0 Å². The van der Waals surface area contributed by atoms with Crippen LogP contribution in [0.15, 0.2) is 0 Å². The molecule has 57 heavy (non-hydrogen) atoms. The molecule has 9 heteroatoms. The molecule has 0 amide bonds. The molecule has 0 radical (unpaired) electrons. The normalized spacial score (nSPS) is 42.1. The Morgan fingerprint density at radius 2 is 1.28 bits per heavy atom. The first kappa shape index (κ1) is 42.9. The van der Waals surface area contributed by atoms with E-state index >= 15 is 0 Å². The van der Waals surface area contributed by atoms with E-state index in [1.165, 1.54) is 44.9 Å². The van der Waals surface area contributed by atoms with Gasteiger partial charge in [0.25, 0.3) is 0 Å². The highest BCUT2D eigenvalue weighted by Gasteiger charge is 2.64. The van der Waals surface area contributed by atoms with Crippen LogP contribution in [0.2, 0.25) is 0 Å². The van der Waals surface area contributed by atoms with E-state index in [4.69, 9.17) is 18.9 Å². The lowest BCUT2D eigenvalue weighted by Crippen LogP contribution is -2.60. The van der Waals surface area contributed by atoms with Gasteiger partial charge in [-0.1, -0.05) is 27.7 Å². The molecule has 322 valence electrons. The zero-order chi connectivity index (χ0) is 41.5. The van der Waals surface area contributed by atoms with Crippen LogP contribution in [0.4, 0.5) is 0 Å². The Kier molecular flexibility index (Phi) is 11.4. The number of carbonyl (C=O) groups is 4. The summed E-state index contributed by atoms with van der Waals surface area (Å²) in [5, 5.41) is 10.6. The summed E-state index contributed by atoms with van der Waals surface area (Å²) in [6, 6.07) is 0. The highest BCUT2D eigenvalue weighted by molar-refractivity contribution is 5.78. The van der Waals surface area contributed by atoms with Crippen molar-refractivity contribution in [3.05, 3.63) is 0 Å². The average molecular weight is 797 g/mol. The number of ether oxygens (including phenoxy) is 4. The molecule has 1 aliphatic heterocycles. The minimum absolute atomic E-state index is 0.00857. The van der Waals surface area contributed by atoms with Crippen molar-refractivity contribution in [1.82, 2.24) is 0 Å². The molecule has 8 atom stereocenters. The minimum Gasteiger partial charge on any atom is -0.459 e. The maximum Gasteiger partial charge on any atom is 0.312 e. The largest absolute Gasteiger partial charge is 0.459 e. The zero-order valence-electron chi connectivity index (χ0n) is 37.1. The molecule has 11 rings (SSSR count). The molecule has 0 aromatic rings. The molecule has 10 aliphatic carbocycles. The maximum atomic E-state index is 12.6. The van der Waals surface area contributed by atoms with Gasteiger partial charge >= 0.3 is 23.9 Å². The molecule has 0 aromatic carbocycles. The fourth-order valence-electron chi connectivity index (χ4n) is 13.7. The van der Waals surface area contributed by atoms with E-state index in [-0.39, 0.29) is 70.0 Å². The standard InChI is InChI=1S/C19H32O2.C15H24O3.C14H20O4/c1-6-17(2,3)16(20)21-18(4,5)19-10-13-7-14(11-19)9-15(8-13)12-19;1-3-10(2)13(16)18-15-7-11-4-12(8-15)6-14(17,5-11)9-15;1-4-14(2,3)13(16)18-10-7-5-8-9(6-7)12(15)17-11(8)10/h13-15H,6-12H2,1-5H3;10-12,17H,3-9H2,1-2H3;7-11H,4-6H2,1-3H3. The molecule has 10 saturated carbocycles. The molecule has 10 bridgehead atoms. The van der Waals surface area contributed by atoms with Crippen LogP contribution in [0, 0.1) is 69.5 Å². The van der Waals surface area contributed by atoms with Crippen molar-refractivity contribution < 1.29 is 43.2 Å². The SMILES string of the molecule is CCC(C)(C)C(=O)OC(C)(C)C12CC3CC(CC(C3)C1)C2.CCC(C)(C)C(=O)OC1C2CC3C(=O)OC1C3C2.CCC(C)C(=O)OC12CC3CC(CC(O)(C3)C1)C2. The number of aliphatic hydroxyl groups is 1. The number of esters is 4. The van der Waals surface area contributed by atoms with Crippen molar-refractivity contribution >= 4 is 23.9 Å². The second kappa shape index (κ2) is 15.1. The minimum atomic E-state index is -0.542. The Morgan fingerprint density at radius 1 is 0.754 bits per heavy atom. The van der Waals surface area contributed by atoms with Crippen LogP contribution in [-0.2, 0) is 38.1 Å². The monoisotopic (exact) mass is 797 g/mol. The number of fused-ring (bicyclic) bond motifs is 1. The van der Waals surface area contributed by atoms with E-state index in [0.29, 0.717) is 30.1 Å². The van der Waals surface area contributed by atoms with Crippen LogP contribution in [0.25, 0.3) is 0 Å². The highest BCUT2D eigenvalue weighted by Crippen LogP contribution is 2.65. The highest BCUT2D eigenvalue weighted by atomic mass is 16.6. The van der Waals surface area contributed by atoms with Crippen molar-refractivity contribution in [2.24, 2.45) is 69.5 Å². The van der Waals surface area contributed by atoms with Gasteiger partial charge in [-0.3, -0.25) is 19.2 Å². The fourth-order valence-corrected chi connectivity index (χ4v) is 13.7. The summed E-state index contributed by atoms with van der Waals surface area (Å²) < 4.78 is 23.1. The number of carbonyl (C=O) groups excluding carboxylic acids is 4. The first-order valence-electron chi connectivity index (χ1n) is 23.1. The summed E-state index contributed by atoms with van der Waals surface area (Å²) in [6.45, 7) is 20.2. The summed E-state index contributed by atoms with van der Waals surface area (Å²) >= 11 is 0. The predicted molar refractivity (Wildman–Crippen MR) is 216 cm³/mol. The van der Waals surface area contributed by atoms with Crippen molar-refractivity contribution in [2.75, 3.05) is 0 Å². The van der Waals surface area contributed by atoms with Crippen LogP contribution in [0.5, 0.6) is 0 Å². The van der Waals surface area contributed by atoms with Gasteiger partial charge in [0.15, 0.2) is 0 Å². The Balaban J connectivity index is 0.000000131. The lowest BCUT2D eigenvalue weighted by molar-refractivity contribution is -0.222. The van der Waals surface area contributed by atoms with Gasteiger partial charge in [0.2, 0.25) is 0 Å². The molecular formula is C48H76O9. The van der Waals surface area contributed by atoms with E-state index in [1.807, 2.05) is 48.5 Å². The van der Waals surface area contributed by atoms with Crippen molar-refractivity contribution in [2.45, 2.75) is 207 Å². The lowest BCUT2D eigenvalue weighted by atomic mass is 9.46. The van der Waals surface area contributed by atoms with Gasteiger partial charge in [-0.05, 0) is 174 Å². The van der Waals surface area contributed by atoms with E-state index in [1.54, 1.807) is 0 Å². The van der Waals surface area contributed by atoms with Gasteiger partial charge in [-0.25, -0.2) is 0 Å². The lowest BCUT2D eigenvalue weighted by Gasteiger charge is -2.61. The Bertz CT molecular complexity index is 1510. The molecule has 1 heterocycles. The molecular weight excluding hydrogens is 721 g/mol. The van der Waals surface area contributed by atoms with Crippen molar-refractivity contribution in [3.8, 4) is 0 Å². The van der Waals surface area contributed by atoms with Crippen LogP contribution in [-0.4, -0.2) is 58.0 Å². The van der Waals surface area contributed by atoms with E-state index in [9.17, 15) is 24.3 Å². The topological polar surface area (TPSA) is 125 Å². The quantitative estimate of drug-likeness (QED) is 0.170. The number of hydrogen-bond acceptors (Lipinski definition) is 9. The first-order chi connectivity index (χ1) is 26.5. The molecule has 8 unspecified atom stereocenters. The fraction of sp³-hybridized carbons (Fsp3) is 0.917. The third kappa shape index (κ3) is 8.08. The first-order valence-corrected chi connectivity index (χ1v) is 23.1. The Labute approximate surface area is 343 Å². The van der Waals surface area contributed by atoms with Crippen molar-refractivity contribution in [3.63, 3.8) is 0 Å². The van der Waals surface area contributed by atoms with Crippen LogP contribution in [0.3, 0.4) is 0 Å². The summed E-state index contributed by atoms with van der Waals surface area (Å²) in [6.07, 6.45) is 17.7. The smallest absolute Gasteiger partial charge is 0.312 e. The summed E-state index contributed by atoms with van der Waals surface area (Å²) in [4.78, 5) is 48.4. The van der Waals surface area contributed by atoms with E-state index in [2.05, 4.69) is 20.8 Å². The third-order valence-electron chi connectivity index (χ3n) is 17.5. The van der Waals surface area contributed by atoms with E-state index in [0.717, 1.165) is 75.5 Å². The molecule has 0 spiro atoms. The molecule has 11 fully saturated rings. The van der Waals surface area contributed by atoms with E-state index < -0.39 is 11.0 Å². The molecule has 11 aliphatic rings. The molecule has 1 N–H and O–H groups in total. The summed E-state index contributed by atoms with van der Waals surface area (Å²) in [7, 11) is 0. The number of hydrogen-bond donors (Lipinski definition) is 1. The Hall–Kier alpha value is -2.16. The summed E-state index contributed by atoms with van der Waals surface area (Å²) in [5.74, 6) is 4.19. The molecule has 9 nitrogen and oxygen atoms in total. The van der Waals surface area contributed by atoms with Gasteiger partial charge in [-0.15, -0.1) is 0 Å². The molecule has 1 saturated heterocycles. The third-order valence-corrected chi connectivity index (χ3v) is 17.5. The van der Waals surface area contributed by atoms with Gasteiger partial charge in [0.05, 0.1) is 28.3 Å². The second-order valence-electron chi connectivity index (χ2n) is 22.9. The molecule has 0 aromatic heterocycles. The predicted octanol–water partition coefficient (Wildman–Crippen LogP) is 9.54. The van der Waals surface area contributed by atoms with Crippen LogP contribution >= 0.6 is 0 Å². The Morgan fingerprint density at radius 3 is 1.79 bits per heavy atom. The van der Waals surface area contributed by atoms with Gasteiger partial charge in [0, 0.05) is 23.7 Å². The van der Waals surface area contributed by atoms with Crippen LogP contribution in [0.1, 0.15) is 178 Å². The van der Waals surface area contributed by atoms with Gasteiger partial charge in [0.1, 0.15) is 23.4 Å². The van der Waals surface area contributed by atoms with Gasteiger partial charge < -0.3 is 24.1 Å². The average Bonchev–Trinajstić information content (AvgIpc) is 3.75. The second-order valence-corrected chi connectivity index (χ2v) is 22.9. The zero-order valence-corrected chi connectivity index (χ0v) is 37.1. The van der Waals surface area contributed by atoms with Gasteiger partial charge in [-0.2, -0.15) is 0 Å². The van der Waals surface area contributed by atoms with Crippen molar-refractivity contribution in [1.29, 1.82) is 0 Å². The maximum absolute atomic E-state index is 12.6.